The van der Waals surface area contributed by atoms with Crippen LogP contribution in [-0.4, -0.2) is 32.7 Å². The van der Waals surface area contributed by atoms with Crippen LogP contribution in [0.3, 0.4) is 0 Å². The molecule has 1 aliphatic carbocycles. The van der Waals surface area contributed by atoms with Crippen LogP contribution in [-0.2, 0) is 0 Å². The number of aliphatic hydroxyl groups is 1. The van der Waals surface area contributed by atoms with Crippen LogP contribution in [0.2, 0.25) is 10.6 Å². The van der Waals surface area contributed by atoms with Gasteiger partial charge in [0.25, 0.3) is 0 Å². The first kappa shape index (κ1) is 10.9. The maximum atomic E-state index is 9.09. The van der Waals surface area contributed by atoms with Gasteiger partial charge < -0.3 is 10.4 Å². The first-order valence-electron chi connectivity index (χ1n) is 4.62. The summed E-state index contributed by atoms with van der Waals surface area (Å²) in [5, 5.41) is 12.2. The number of anilines is 1. The zero-order chi connectivity index (χ0) is 10.8. The number of hydrogen-bond acceptors (Lipinski definition) is 5. The van der Waals surface area contributed by atoms with Gasteiger partial charge in [0.05, 0.1) is 6.10 Å². The predicted molar refractivity (Wildman–Crippen MR) is 57.1 cm³/mol. The van der Waals surface area contributed by atoms with Gasteiger partial charge in [0.1, 0.15) is 0 Å². The minimum absolute atomic E-state index is 0.0751. The minimum atomic E-state index is -0.151. The molecule has 5 nitrogen and oxygen atoms in total. The van der Waals surface area contributed by atoms with E-state index in [1.165, 1.54) is 0 Å². The second kappa shape index (κ2) is 4.47. The summed E-state index contributed by atoms with van der Waals surface area (Å²) in [6.45, 7) is 0.716. The highest BCUT2D eigenvalue weighted by Crippen LogP contribution is 2.27. The topological polar surface area (TPSA) is 70.9 Å². The monoisotopic (exact) mass is 248 g/mol. The first-order valence-corrected chi connectivity index (χ1v) is 5.38. The van der Waals surface area contributed by atoms with Crippen LogP contribution in [0.15, 0.2) is 0 Å². The third-order valence-corrected chi connectivity index (χ3v) is 2.68. The average Bonchev–Trinajstić information content (AvgIpc) is 2.09. The lowest BCUT2D eigenvalue weighted by molar-refractivity contribution is 0.0486. The number of hydrogen-bond donors (Lipinski definition) is 2. The molecule has 0 spiro atoms. The summed E-state index contributed by atoms with van der Waals surface area (Å²) in [5.41, 5.74) is 0. The quantitative estimate of drug-likeness (QED) is 0.846. The van der Waals surface area contributed by atoms with Gasteiger partial charge in [-0.1, -0.05) is 0 Å². The Labute approximate surface area is 96.9 Å². The SMILES string of the molecule is OC1CC(CNc2nc(Cl)nc(Cl)n2)C1. The van der Waals surface area contributed by atoms with Crippen LogP contribution in [0, 0.1) is 5.92 Å². The van der Waals surface area contributed by atoms with Crippen LogP contribution in [0.1, 0.15) is 12.8 Å². The summed E-state index contributed by atoms with van der Waals surface area (Å²) < 4.78 is 0. The van der Waals surface area contributed by atoms with Gasteiger partial charge in [0.2, 0.25) is 16.5 Å². The fourth-order valence-corrected chi connectivity index (χ4v) is 1.87. The summed E-state index contributed by atoms with van der Waals surface area (Å²) in [5.74, 6) is 0.843. The fraction of sp³-hybridized carbons (Fsp3) is 0.625. The van der Waals surface area contributed by atoms with E-state index >= 15 is 0 Å². The van der Waals surface area contributed by atoms with Gasteiger partial charge >= 0.3 is 0 Å². The van der Waals surface area contributed by atoms with Crippen molar-refractivity contribution in [2.75, 3.05) is 11.9 Å². The molecule has 1 fully saturated rings. The van der Waals surface area contributed by atoms with Gasteiger partial charge in [0.15, 0.2) is 0 Å². The molecule has 0 amide bonds. The molecule has 1 aromatic heterocycles. The number of rotatable bonds is 3. The lowest BCUT2D eigenvalue weighted by Crippen LogP contribution is -2.33. The van der Waals surface area contributed by atoms with Crippen molar-refractivity contribution in [3.05, 3.63) is 10.6 Å². The van der Waals surface area contributed by atoms with Crippen LogP contribution < -0.4 is 5.32 Å². The van der Waals surface area contributed by atoms with Crippen molar-refractivity contribution in [1.29, 1.82) is 0 Å². The van der Waals surface area contributed by atoms with Gasteiger partial charge in [-0.15, -0.1) is 0 Å². The van der Waals surface area contributed by atoms with Crippen molar-refractivity contribution in [3.63, 3.8) is 0 Å². The zero-order valence-corrected chi connectivity index (χ0v) is 9.33. The van der Waals surface area contributed by atoms with Gasteiger partial charge in [0, 0.05) is 6.54 Å². The standard InChI is InChI=1S/C8H10Cl2N4O/c9-6-12-7(10)14-8(13-6)11-3-4-1-5(15)2-4/h4-5,15H,1-3H2,(H,11,12,13,14). The number of aliphatic hydroxyl groups excluding tert-OH is 1. The highest BCUT2D eigenvalue weighted by atomic mass is 35.5. The van der Waals surface area contributed by atoms with E-state index in [0.29, 0.717) is 18.4 Å². The molecule has 7 heteroatoms. The molecule has 82 valence electrons. The largest absolute Gasteiger partial charge is 0.393 e. The van der Waals surface area contributed by atoms with Crippen molar-refractivity contribution in [2.45, 2.75) is 18.9 Å². The third-order valence-electron chi connectivity index (χ3n) is 2.34. The second-order valence-corrected chi connectivity index (χ2v) is 4.25. The molecule has 2 N–H and O–H groups in total. The molecule has 0 bridgehead atoms. The van der Waals surface area contributed by atoms with E-state index in [2.05, 4.69) is 20.3 Å². The lowest BCUT2D eigenvalue weighted by Gasteiger charge is -2.31. The van der Waals surface area contributed by atoms with E-state index in [9.17, 15) is 0 Å². The normalized spacial score (nSPS) is 24.7. The second-order valence-electron chi connectivity index (χ2n) is 3.57. The summed E-state index contributed by atoms with van der Waals surface area (Å²) in [7, 11) is 0. The van der Waals surface area contributed by atoms with E-state index in [0.717, 1.165) is 12.8 Å². The predicted octanol–water partition coefficient (Wildman–Crippen LogP) is 1.36. The fourth-order valence-electron chi connectivity index (χ4n) is 1.51. The molecule has 1 aliphatic rings. The number of nitrogens with one attached hydrogen (secondary N) is 1. The maximum absolute atomic E-state index is 9.09. The Balaban J connectivity index is 1.88. The van der Waals surface area contributed by atoms with E-state index in [4.69, 9.17) is 28.3 Å². The smallest absolute Gasteiger partial charge is 0.228 e. The highest BCUT2D eigenvalue weighted by molar-refractivity contribution is 6.31. The van der Waals surface area contributed by atoms with E-state index in [-0.39, 0.29) is 16.7 Å². The molecule has 1 saturated carbocycles. The van der Waals surface area contributed by atoms with Gasteiger partial charge in [-0.05, 0) is 42.0 Å². The van der Waals surface area contributed by atoms with Crippen LogP contribution in [0.4, 0.5) is 5.95 Å². The summed E-state index contributed by atoms with van der Waals surface area (Å²) in [6.07, 6.45) is 1.49. The van der Waals surface area contributed by atoms with Crippen LogP contribution in [0.5, 0.6) is 0 Å². The number of nitrogens with zero attached hydrogens (tertiary/aromatic N) is 3. The molecule has 0 aliphatic heterocycles. The molecular weight excluding hydrogens is 239 g/mol. The van der Waals surface area contributed by atoms with Crippen molar-refractivity contribution in [3.8, 4) is 0 Å². The average molecular weight is 249 g/mol. The van der Waals surface area contributed by atoms with E-state index < -0.39 is 0 Å². The summed E-state index contributed by atoms with van der Waals surface area (Å²) >= 11 is 11.2. The van der Waals surface area contributed by atoms with Gasteiger partial charge in [-0.2, -0.15) is 15.0 Å². The lowest BCUT2D eigenvalue weighted by atomic mass is 9.82. The maximum Gasteiger partial charge on any atom is 0.228 e. The van der Waals surface area contributed by atoms with E-state index in [1.54, 1.807) is 0 Å². The molecule has 0 unspecified atom stereocenters. The molecule has 0 aromatic carbocycles. The minimum Gasteiger partial charge on any atom is -0.393 e. The molecule has 1 aromatic rings. The van der Waals surface area contributed by atoms with Crippen molar-refractivity contribution < 1.29 is 5.11 Å². The number of halogens is 2. The Kier molecular flexibility index (Phi) is 3.23. The molecule has 0 saturated heterocycles. The Morgan fingerprint density at radius 1 is 1.20 bits per heavy atom. The van der Waals surface area contributed by atoms with Crippen LogP contribution in [0.25, 0.3) is 0 Å². The van der Waals surface area contributed by atoms with Crippen LogP contribution >= 0.6 is 23.2 Å². The molecule has 15 heavy (non-hydrogen) atoms. The van der Waals surface area contributed by atoms with Crippen molar-refractivity contribution >= 4 is 29.2 Å². The highest BCUT2D eigenvalue weighted by Gasteiger charge is 2.26. The van der Waals surface area contributed by atoms with Crippen molar-refractivity contribution in [2.24, 2.45) is 5.92 Å². The Morgan fingerprint density at radius 3 is 2.33 bits per heavy atom. The number of aromatic nitrogens is 3. The van der Waals surface area contributed by atoms with E-state index in [1.807, 2.05) is 0 Å². The molecule has 0 radical (unpaired) electrons. The Morgan fingerprint density at radius 2 is 1.80 bits per heavy atom. The Hall–Kier alpha value is -0.650. The molecular formula is C8H10Cl2N4O. The molecule has 1 heterocycles. The van der Waals surface area contributed by atoms with Gasteiger partial charge in [-0.3, -0.25) is 0 Å². The van der Waals surface area contributed by atoms with Gasteiger partial charge in [-0.25, -0.2) is 0 Å². The Bertz CT molecular complexity index is 336. The first-order chi connectivity index (χ1) is 7.13. The molecule has 0 atom stereocenters. The third kappa shape index (κ3) is 2.90. The summed E-state index contributed by atoms with van der Waals surface area (Å²) in [6, 6.07) is 0. The zero-order valence-electron chi connectivity index (χ0n) is 7.82. The van der Waals surface area contributed by atoms with Crippen molar-refractivity contribution in [1.82, 2.24) is 15.0 Å². The molecule has 2 rings (SSSR count). The summed E-state index contributed by atoms with van der Waals surface area (Å²) in [4.78, 5) is 11.4.